The molecule has 1 saturated carbocycles. The highest BCUT2D eigenvalue weighted by Crippen LogP contribution is 2.17. The van der Waals surface area contributed by atoms with Gasteiger partial charge in [-0.1, -0.05) is 51.7 Å². The van der Waals surface area contributed by atoms with Crippen molar-refractivity contribution in [2.75, 3.05) is 19.6 Å². The van der Waals surface area contributed by atoms with Crippen molar-refractivity contribution >= 4 is 23.1 Å². The molecule has 4 nitrogen and oxygen atoms in total. The number of hydrogen-bond donors (Lipinski definition) is 2. The number of carbonyl (C=O) groups excluding carboxylic acids is 1. The molecule has 1 aliphatic carbocycles. The Morgan fingerprint density at radius 3 is 2.43 bits per heavy atom. The minimum absolute atomic E-state index is 0.144. The summed E-state index contributed by atoms with van der Waals surface area (Å²) >= 11 is 4.94. The van der Waals surface area contributed by atoms with Crippen LogP contribution in [0.3, 0.4) is 0 Å². The number of nitrogens with one attached hydrogen (secondary N) is 1. The first-order valence-corrected chi connectivity index (χ1v) is 8.68. The molecule has 1 fully saturated rings. The van der Waals surface area contributed by atoms with Crippen LogP contribution in [-0.4, -0.2) is 41.5 Å². The first-order chi connectivity index (χ1) is 9.97. The molecule has 1 aliphatic rings. The molecule has 0 spiro atoms. The Labute approximate surface area is 134 Å². The molecule has 3 N–H and O–H groups in total. The molecule has 0 aromatic heterocycles. The SMILES string of the molecule is CC(C)CN(CCC(N)=S)CC(=O)NC1CCCCCC1. The maximum Gasteiger partial charge on any atom is 0.234 e. The van der Waals surface area contributed by atoms with Crippen molar-refractivity contribution in [2.24, 2.45) is 11.7 Å². The molecule has 0 atom stereocenters. The summed E-state index contributed by atoms with van der Waals surface area (Å²) in [5.74, 6) is 0.674. The average Bonchev–Trinajstić information content (AvgIpc) is 2.63. The molecule has 21 heavy (non-hydrogen) atoms. The Kier molecular flexibility index (Phi) is 8.85. The van der Waals surface area contributed by atoms with Crippen molar-refractivity contribution in [3.8, 4) is 0 Å². The van der Waals surface area contributed by atoms with Crippen molar-refractivity contribution in [3.05, 3.63) is 0 Å². The second-order valence-corrected chi connectivity index (χ2v) is 7.13. The fourth-order valence-corrected chi connectivity index (χ4v) is 3.01. The Morgan fingerprint density at radius 1 is 1.29 bits per heavy atom. The van der Waals surface area contributed by atoms with Crippen molar-refractivity contribution < 1.29 is 4.79 Å². The van der Waals surface area contributed by atoms with Crippen LogP contribution in [0.25, 0.3) is 0 Å². The van der Waals surface area contributed by atoms with Gasteiger partial charge in [-0.15, -0.1) is 0 Å². The normalized spacial score (nSPS) is 17.0. The Morgan fingerprint density at radius 2 is 1.90 bits per heavy atom. The summed E-state index contributed by atoms with van der Waals surface area (Å²) < 4.78 is 0. The quantitative estimate of drug-likeness (QED) is 0.534. The Balaban J connectivity index is 2.40. The first-order valence-electron chi connectivity index (χ1n) is 8.27. The van der Waals surface area contributed by atoms with Gasteiger partial charge in [0.15, 0.2) is 0 Å². The van der Waals surface area contributed by atoms with Gasteiger partial charge >= 0.3 is 0 Å². The zero-order valence-corrected chi connectivity index (χ0v) is 14.4. The number of amides is 1. The van der Waals surface area contributed by atoms with Gasteiger partial charge < -0.3 is 11.1 Å². The van der Waals surface area contributed by atoms with E-state index < -0.39 is 0 Å². The summed E-state index contributed by atoms with van der Waals surface area (Å²) in [6.45, 7) is 6.46. The van der Waals surface area contributed by atoms with Gasteiger partial charge in [-0.25, -0.2) is 0 Å². The van der Waals surface area contributed by atoms with Gasteiger partial charge in [-0.2, -0.15) is 0 Å². The van der Waals surface area contributed by atoms with Gasteiger partial charge in [0, 0.05) is 25.6 Å². The van der Waals surface area contributed by atoms with E-state index in [1.54, 1.807) is 0 Å². The number of carbonyl (C=O) groups is 1. The standard InChI is InChI=1S/C16H31N3OS/c1-13(2)11-19(10-9-15(17)21)12-16(20)18-14-7-5-3-4-6-8-14/h13-14H,3-12H2,1-2H3,(H2,17,21)(H,18,20). The molecule has 0 aromatic rings. The van der Waals surface area contributed by atoms with Crippen molar-refractivity contribution in [1.82, 2.24) is 10.2 Å². The molecule has 122 valence electrons. The fourth-order valence-electron chi connectivity index (χ4n) is 2.92. The van der Waals surface area contributed by atoms with E-state index in [9.17, 15) is 4.79 Å². The summed E-state index contributed by atoms with van der Waals surface area (Å²) in [6.07, 6.45) is 8.02. The van der Waals surface area contributed by atoms with E-state index in [-0.39, 0.29) is 5.91 Å². The molecule has 1 rings (SSSR count). The molecule has 0 unspecified atom stereocenters. The van der Waals surface area contributed by atoms with Gasteiger partial charge in [0.05, 0.1) is 11.5 Å². The van der Waals surface area contributed by atoms with Crippen LogP contribution in [0.2, 0.25) is 0 Å². The lowest BCUT2D eigenvalue weighted by molar-refractivity contribution is -0.123. The maximum atomic E-state index is 12.2. The Bertz CT molecular complexity index is 325. The van der Waals surface area contributed by atoms with Crippen molar-refractivity contribution in [1.29, 1.82) is 0 Å². The molecule has 0 bridgehead atoms. The van der Waals surface area contributed by atoms with E-state index in [0.29, 0.717) is 29.9 Å². The molecule has 0 aromatic carbocycles. The second-order valence-electron chi connectivity index (χ2n) is 6.60. The fraction of sp³-hybridized carbons (Fsp3) is 0.875. The van der Waals surface area contributed by atoms with Crippen LogP contribution >= 0.6 is 12.2 Å². The molecule has 0 saturated heterocycles. The number of nitrogens with zero attached hydrogens (tertiary/aromatic N) is 1. The third kappa shape index (κ3) is 9.04. The highest BCUT2D eigenvalue weighted by atomic mass is 32.1. The van der Waals surface area contributed by atoms with Crippen LogP contribution in [0, 0.1) is 5.92 Å². The average molecular weight is 314 g/mol. The van der Waals surface area contributed by atoms with E-state index in [4.69, 9.17) is 18.0 Å². The molecule has 1 amide bonds. The summed E-state index contributed by atoms with van der Waals surface area (Å²) in [6, 6.07) is 0.372. The highest BCUT2D eigenvalue weighted by molar-refractivity contribution is 7.80. The van der Waals surface area contributed by atoms with Gasteiger partial charge in [0.25, 0.3) is 0 Å². The van der Waals surface area contributed by atoms with E-state index in [0.717, 1.165) is 25.9 Å². The van der Waals surface area contributed by atoms with Crippen LogP contribution in [0.1, 0.15) is 58.8 Å². The smallest absolute Gasteiger partial charge is 0.234 e. The molecular weight excluding hydrogens is 282 g/mol. The van der Waals surface area contributed by atoms with E-state index >= 15 is 0 Å². The predicted molar refractivity (Wildman–Crippen MR) is 92.3 cm³/mol. The summed E-state index contributed by atoms with van der Waals surface area (Å²) in [5.41, 5.74) is 5.57. The van der Waals surface area contributed by atoms with Crippen LogP contribution in [0.5, 0.6) is 0 Å². The maximum absolute atomic E-state index is 12.2. The molecule has 5 heteroatoms. The van der Waals surface area contributed by atoms with E-state index in [1.165, 1.54) is 25.7 Å². The summed E-state index contributed by atoms with van der Waals surface area (Å²) in [5, 5.41) is 3.21. The highest BCUT2D eigenvalue weighted by Gasteiger charge is 2.17. The molecule has 0 heterocycles. The zero-order chi connectivity index (χ0) is 15.7. The lowest BCUT2D eigenvalue weighted by Crippen LogP contribution is -2.43. The minimum atomic E-state index is 0.144. The van der Waals surface area contributed by atoms with Crippen LogP contribution < -0.4 is 11.1 Å². The van der Waals surface area contributed by atoms with Gasteiger partial charge in [0.2, 0.25) is 5.91 Å². The van der Waals surface area contributed by atoms with Gasteiger partial charge in [0.1, 0.15) is 0 Å². The zero-order valence-electron chi connectivity index (χ0n) is 13.6. The third-order valence-corrected chi connectivity index (χ3v) is 4.09. The van der Waals surface area contributed by atoms with Gasteiger partial charge in [-0.3, -0.25) is 9.69 Å². The summed E-state index contributed by atoms with van der Waals surface area (Å²) in [7, 11) is 0. The summed E-state index contributed by atoms with van der Waals surface area (Å²) in [4.78, 5) is 14.9. The topological polar surface area (TPSA) is 58.4 Å². The van der Waals surface area contributed by atoms with Crippen molar-refractivity contribution in [3.63, 3.8) is 0 Å². The monoisotopic (exact) mass is 313 g/mol. The van der Waals surface area contributed by atoms with E-state index in [1.807, 2.05) is 0 Å². The van der Waals surface area contributed by atoms with Crippen LogP contribution in [0.4, 0.5) is 0 Å². The first kappa shape index (κ1) is 18.4. The number of rotatable bonds is 8. The third-order valence-electron chi connectivity index (χ3n) is 3.89. The largest absolute Gasteiger partial charge is 0.393 e. The second kappa shape index (κ2) is 10.1. The number of thiocarbonyl (C=S) groups is 1. The number of hydrogen-bond acceptors (Lipinski definition) is 3. The van der Waals surface area contributed by atoms with Crippen molar-refractivity contribution in [2.45, 2.75) is 64.8 Å². The van der Waals surface area contributed by atoms with Gasteiger partial charge in [-0.05, 0) is 18.8 Å². The van der Waals surface area contributed by atoms with E-state index in [2.05, 4.69) is 24.1 Å². The molecule has 0 radical (unpaired) electrons. The Hall–Kier alpha value is -0.680. The van der Waals surface area contributed by atoms with Crippen LogP contribution in [0.15, 0.2) is 0 Å². The van der Waals surface area contributed by atoms with Crippen LogP contribution in [-0.2, 0) is 4.79 Å². The predicted octanol–water partition coefficient (Wildman–Crippen LogP) is 2.46. The lowest BCUT2D eigenvalue weighted by Gasteiger charge is -2.25. The molecular formula is C16H31N3OS. The number of nitrogens with two attached hydrogens (primary N) is 1. The minimum Gasteiger partial charge on any atom is -0.393 e. The lowest BCUT2D eigenvalue weighted by atomic mass is 10.1. The molecule has 0 aliphatic heterocycles.